The number of benzene rings is 1. The largest absolute Gasteiger partial charge is 0.417 e. The lowest BCUT2D eigenvalue weighted by atomic mass is 10.0. The third kappa shape index (κ3) is 3.16. The highest BCUT2D eigenvalue weighted by molar-refractivity contribution is 7.11. The molecule has 9 heteroatoms. The van der Waals surface area contributed by atoms with Crippen molar-refractivity contribution in [2.45, 2.75) is 6.18 Å². The number of anilines is 1. The second-order valence-corrected chi connectivity index (χ2v) is 5.81. The van der Waals surface area contributed by atoms with Crippen LogP contribution in [0.2, 0.25) is 0 Å². The quantitative estimate of drug-likeness (QED) is 0.780. The maximum absolute atomic E-state index is 13.2. The number of hydrogen-bond donors (Lipinski definition) is 1. The summed E-state index contributed by atoms with van der Waals surface area (Å²) in [5.41, 5.74) is 0.861. The van der Waals surface area contributed by atoms with Gasteiger partial charge in [-0.15, -0.1) is 11.3 Å². The van der Waals surface area contributed by atoms with E-state index < -0.39 is 17.6 Å². The normalized spacial score (nSPS) is 11.5. The van der Waals surface area contributed by atoms with Gasteiger partial charge in [0.2, 0.25) is 0 Å². The molecular weight excluding hydrogens is 341 g/mol. The van der Waals surface area contributed by atoms with Gasteiger partial charge in [-0.25, -0.2) is 0 Å². The Morgan fingerprint density at radius 1 is 1.25 bits per heavy atom. The maximum Gasteiger partial charge on any atom is 0.417 e. The van der Waals surface area contributed by atoms with E-state index in [0.717, 1.165) is 17.4 Å². The van der Waals surface area contributed by atoms with Crippen LogP contribution in [0.4, 0.5) is 19.0 Å². The van der Waals surface area contributed by atoms with Crippen LogP contribution in [0, 0.1) is 0 Å². The Bertz CT molecular complexity index is 871. The second kappa shape index (κ2) is 6.08. The molecule has 1 amide bonds. The Hall–Kier alpha value is -2.68. The number of nitrogens with one attached hydrogen (secondary N) is 1. The molecule has 1 N–H and O–H groups in total. The van der Waals surface area contributed by atoms with Crippen molar-refractivity contribution in [2.75, 3.05) is 5.32 Å². The fourth-order valence-electron chi connectivity index (χ4n) is 2.24. The lowest BCUT2D eigenvalue weighted by molar-refractivity contribution is -0.137. The Labute approximate surface area is 138 Å². The van der Waals surface area contributed by atoms with Crippen molar-refractivity contribution in [3.8, 4) is 11.1 Å². The van der Waals surface area contributed by atoms with Crippen molar-refractivity contribution < 1.29 is 18.0 Å². The van der Waals surface area contributed by atoms with E-state index in [-0.39, 0.29) is 16.9 Å². The monoisotopic (exact) mass is 352 g/mol. The number of aryl methyl sites for hydroxylation is 1. The smallest absolute Gasteiger partial charge is 0.304 e. The topological polar surface area (TPSA) is 59.8 Å². The minimum Gasteiger partial charge on any atom is -0.304 e. The van der Waals surface area contributed by atoms with Crippen molar-refractivity contribution in [1.82, 2.24) is 14.8 Å². The van der Waals surface area contributed by atoms with E-state index in [9.17, 15) is 18.0 Å². The van der Waals surface area contributed by atoms with Gasteiger partial charge in [-0.2, -0.15) is 18.3 Å². The summed E-state index contributed by atoms with van der Waals surface area (Å²) in [6, 6.07) is 5.17. The van der Waals surface area contributed by atoms with Crippen LogP contribution in [0.3, 0.4) is 0 Å². The summed E-state index contributed by atoms with van der Waals surface area (Å²) in [5, 5.41) is 6.60. The van der Waals surface area contributed by atoms with Gasteiger partial charge >= 0.3 is 6.18 Å². The molecule has 2 aromatic heterocycles. The molecule has 3 aromatic rings. The number of alkyl halides is 3. The molecule has 0 unspecified atom stereocenters. The third-order valence-corrected chi connectivity index (χ3v) is 4.01. The number of amides is 1. The first kappa shape index (κ1) is 16.2. The highest BCUT2D eigenvalue weighted by Gasteiger charge is 2.34. The molecule has 0 aliphatic rings. The molecule has 5 nitrogen and oxygen atoms in total. The number of carbonyl (C=O) groups is 1. The van der Waals surface area contributed by atoms with Crippen molar-refractivity contribution in [3.63, 3.8) is 0 Å². The van der Waals surface area contributed by atoms with E-state index in [2.05, 4.69) is 15.4 Å². The average Bonchev–Trinajstić information content (AvgIpc) is 3.16. The van der Waals surface area contributed by atoms with Crippen LogP contribution >= 0.6 is 11.3 Å². The van der Waals surface area contributed by atoms with E-state index in [4.69, 9.17) is 0 Å². The maximum atomic E-state index is 13.2. The standard InChI is InChI=1S/C15H11F3N4OS/c1-22-7-10(9-4-2-3-5-11(9)15(16,17)18)13(21-22)20-14(23)12-6-19-8-24-12/h2-8H,1H3,(H,20,21,23). The summed E-state index contributed by atoms with van der Waals surface area (Å²) in [7, 11) is 1.57. The van der Waals surface area contributed by atoms with Crippen LogP contribution in [0.15, 0.2) is 42.2 Å². The van der Waals surface area contributed by atoms with Crippen LogP contribution in [0.25, 0.3) is 11.1 Å². The molecule has 2 heterocycles. The Kier molecular flexibility index (Phi) is 4.10. The van der Waals surface area contributed by atoms with Crippen molar-refractivity contribution in [2.24, 2.45) is 7.05 Å². The first-order chi connectivity index (χ1) is 11.4. The average molecular weight is 352 g/mol. The van der Waals surface area contributed by atoms with Gasteiger partial charge in [0.15, 0.2) is 5.82 Å². The Morgan fingerprint density at radius 2 is 2.00 bits per heavy atom. The second-order valence-electron chi connectivity index (χ2n) is 4.93. The minimum atomic E-state index is -4.51. The fraction of sp³-hybridized carbons (Fsp3) is 0.133. The number of thiazole rings is 1. The van der Waals surface area contributed by atoms with Gasteiger partial charge in [-0.1, -0.05) is 18.2 Å². The molecule has 0 spiro atoms. The van der Waals surface area contributed by atoms with Gasteiger partial charge in [0.05, 0.1) is 17.3 Å². The zero-order valence-corrected chi connectivity index (χ0v) is 13.1. The molecule has 0 saturated heterocycles. The molecule has 24 heavy (non-hydrogen) atoms. The van der Waals surface area contributed by atoms with E-state index in [0.29, 0.717) is 4.88 Å². The summed E-state index contributed by atoms with van der Waals surface area (Å²) in [5.74, 6) is -0.408. The predicted octanol–water partition coefficient (Wildman–Crippen LogP) is 3.81. The van der Waals surface area contributed by atoms with E-state index in [1.54, 1.807) is 7.05 Å². The van der Waals surface area contributed by atoms with E-state index in [1.807, 2.05) is 0 Å². The molecule has 0 atom stereocenters. The molecule has 1 aromatic carbocycles. The van der Waals surface area contributed by atoms with Crippen LogP contribution < -0.4 is 5.32 Å². The van der Waals surface area contributed by atoms with Gasteiger partial charge in [0.25, 0.3) is 5.91 Å². The molecule has 0 aliphatic carbocycles. The molecule has 0 radical (unpaired) electrons. The summed E-state index contributed by atoms with van der Waals surface area (Å²) in [6.07, 6.45) is -1.69. The molecule has 0 saturated carbocycles. The molecule has 124 valence electrons. The number of halogens is 3. The molecular formula is C15H11F3N4OS. The van der Waals surface area contributed by atoms with Crippen molar-refractivity contribution in [3.05, 3.63) is 52.6 Å². The van der Waals surface area contributed by atoms with Crippen LogP contribution in [0.5, 0.6) is 0 Å². The van der Waals surface area contributed by atoms with Gasteiger partial charge < -0.3 is 5.32 Å². The van der Waals surface area contributed by atoms with E-state index in [1.165, 1.54) is 40.8 Å². The SMILES string of the molecule is Cn1cc(-c2ccccc2C(F)(F)F)c(NC(=O)c2cncs2)n1. The van der Waals surface area contributed by atoms with Crippen molar-refractivity contribution >= 4 is 23.1 Å². The molecule has 0 bridgehead atoms. The predicted molar refractivity (Wildman–Crippen MR) is 83.7 cm³/mol. The number of carbonyl (C=O) groups excluding carboxylic acids is 1. The summed E-state index contributed by atoms with van der Waals surface area (Å²) in [6.45, 7) is 0. The molecule has 0 aliphatic heterocycles. The number of aromatic nitrogens is 3. The molecule has 0 fully saturated rings. The number of nitrogens with zero attached hydrogens (tertiary/aromatic N) is 3. The van der Waals surface area contributed by atoms with Gasteiger partial charge in [-0.3, -0.25) is 14.5 Å². The van der Waals surface area contributed by atoms with Crippen molar-refractivity contribution in [1.29, 1.82) is 0 Å². The summed E-state index contributed by atoms with van der Waals surface area (Å²) < 4.78 is 41.1. The van der Waals surface area contributed by atoms with Gasteiger partial charge in [0, 0.05) is 18.8 Å². The highest BCUT2D eigenvalue weighted by Crippen LogP contribution is 2.39. The summed E-state index contributed by atoms with van der Waals surface area (Å²) in [4.78, 5) is 16.3. The lowest BCUT2D eigenvalue weighted by Gasteiger charge is -2.12. The van der Waals surface area contributed by atoms with Gasteiger partial charge in [-0.05, 0) is 11.6 Å². The lowest BCUT2D eigenvalue weighted by Crippen LogP contribution is -2.12. The molecule has 3 rings (SSSR count). The van der Waals surface area contributed by atoms with E-state index >= 15 is 0 Å². The van der Waals surface area contributed by atoms with Crippen LogP contribution in [-0.2, 0) is 13.2 Å². The number of rotatable bonds is 3. The Morgan fingerprint density at radius 3 is 2.67 bits per heavy atom. The highest BCUT2D eigenvalue weighted by atomic mass is 32.1. The minimum absolute atomic E-state index is 0.0438. The summed E-state index contributed by atoms with van der Waals surface area (Å²) >= 11 is 1.13. The first-order valence-electron chi connectivity index (χ1n) is 6.76. The zero-order chi connectivity index (χ0) is 17.3. The Balaban J connectivity index is 2.03. The zero-order valence-electron chi connectivity index (χ0n) is 12.3. The fourth-order valence-corrected chi connectivity index (χ4v) is 2.76. The van der Waals surface area contributed by atoms with Crippen LogP contribution in [0.1, 0.15) is 15.2 Å². The number of hydrogen-bond acceptors (Lipinski definition) is 4. The van der Waals surface area contributed by atoms with Gasteiger partial charge in [0.1, 0.15) is 4.88 Å². The first-order valence-corrected chi connectivity index (χ1v) is 7.64. The third-order valence-electron chi connectivity index (χ3n) is 3.24. The van der Waals surface area contributed by atoms with Crippen LogP contribution in [-0.4, -0.2) is 20.7 Å².